The number of aryl methyl sites for hydroxylation is 1. The molecule has 0 radical (unpaired) electrons. The van der Waals surface area contributed by atoms with Crippen LogP contribution in [0.25, 0.3) is 0 Å². The first-order chi connectivity index (χ1) is 11.6. The summed E-state index contributed by atoms with van der Waals surface area (Å²) in [6.07, 6.45) is 1.13. The fraction of sp³-hybridized carbons (Fsp3) is 0.263. The Morgan fingerprint density at radius 3 is 2.12 bits per heavy atom. The summed E-state index contributed by atoms with van der Waals surface area (Å²) in [5, 5.41) is 2.63. The van der Waals surface area contributed by atoms with Gasteiger partial charge in [-0.15, -0.1) is 0 Å². The number of carbonyl (C=O) groups excluding carboxylic acids is 2. The highest BCUT2D eigenvalue weighted by atomic mass is 16.5. The predicted molar refractivity (Wildman–Crippen MR) is 92.0 cm³/mol. The molecule has 1 atom stereocenters. The van der Waals surface area contributed by atoms with Gasteiger partial charge in [0.05, 0.1) is 6.61 Å². The van der Waals surface area contributed by atoms with Crippen LogP contribution in [-0.4, -0.2) is 24.5 Å². The van der Waals surface area contributed by atoms with E-state index in [9.17, 15) is 9.59 Å². The van der Waals surface area contributed by atoms with Crippen molar-refractivity contribution in [2.45, 2.75) is 25.5 Å². The third-order valence-corrected chi connectivity index (χ3v) is 3.59. The highest BCUT2D eigenvalue weighted by Gasteiger charge is 2.17. The Bertz CT molecular complexity index is 644. The van der Waals surface area contributed by atoms with Crippen LogP contribution < -0.4 is 11.1 Å². The average Bonchev–Trinajstić information content (AvgIpc) is 2.60. The number of hydrogen-bond acceptors (Lipinski definition) is 3. The molecule has 126 valence electrons. The standard InChI is InChI=1S/C19H22N2O3/c20-19(23)17(12-11-15-7-3-1-4-8-15)21-18(22)14-24-13-16-9-5-2-6-10-16/h1-10,17H,11-14H2,(H2,20,23)(H,21,22)/t17-/m1/s1. The molecule has 0 saturated heterocycles. The number of primary amides is 1. The highest BCUT2D eigenvalue weighted by molar-refractivity contribution is 5.87. The lowest BCUT2D eigenvalue weighted by molar-refractivity contribution is -0.130. The quantitative estimate of drug-likeness (QED) is 0.737. The van der Waals surface area contributed by atoms with Crippen LogP contribution in [0, 0.1) is 0 Å². The summed E-state index contributed by atoms with van der Waals surface area (Å²) in [4.78, 5) is 23.4. The minimum absolute atomic E-state index is 0.107. The smallest absolute Gasteiger partial charge is 0.246 e. The van der Waals surface area contributed by atoms with Gasteiger partial charge in [0, 0.05) is 0 Å². The lowest BCUT2D eigenvalue weighted by atomic mass is 10.0. The SMILES string of the molecule is NC(=O)[C@@H](CCc1ccccc1)NC(=O)COCc1ccccc1. The Balaban J connectivity index is 1.75. The molecule has 0 unspecified atom stereocenters. The van der Waals surface area contributed by atoms with Gasteiger partial charge in [-0.2, -0.15) is 0 Å². The second kappa shape index (κ2) is 9.47. The van der Waals surface area contributed by atoms with E-state index >= 15 is 0 Å². The van der Waals surface area contributed by atoms with E-state index in [0.29, 0.717) is 19.4 Å². The molecule has 2 amide bonds. The topological polar surface area (TPSA) is 81.4 Å². The average molecular weight is 326 g/mol. The number of benzene rings is 2. The first-order valence-electron chi connectivity index (χ1n) is 7.89. The predicted octanol–water partition coefficient (Wildman–Crippen LogP) is 1.81. The zero-order valence-corrected chi connectivity index (χ0v) is 13.5. The van der Waals surface area contributed by atoms with Crippen LogP contribution in [0.2, 0.25) is 0 Å². The molecule has 0 spiro atoms. The molecular weight excluding hydrogens is 304 g/mol. The second-order valence-electron chi connectivity index (χ2n) is 5.53. The number of carbonyl (C=O) groups is 2. The maximum atomic E-state index is 11.9. The summed E-state index contributed by atoms with van der Waals surface area (Å²) in [5.41, 5.74) is 7.46. The lowest BCUT2D eigenvalue weighted by Crippen LogP contribution is -2.46. The van der Waals surface area contributed by atoms with Crippen LogP contribution >= 0.6 is 0 Å². The van der Waals surface area contributed by atoms with Gasteiger partial charge >= 0.3 is 0 Å². The van der Waals surface area contributed by atoms with E-state index in [0.717, 1.165) is 11.1 Å². The van der Waals surface area contributed by atoms with Crippen molar-refractivity contribution in [3.63, 3.8) is 0 Å². The summed E-state index contributed by atoms with van der Waals surface area (Å²) in [6, 6.07) is 18.6. The van der Waals surface area contributed by atoms with Gasteiger partial charge in [-0.25, -0.2) is 0 Å². The molecule has 0 heterocycles. The second-order valence-corrected chi connectivity index (χ2v) is 5.53. The van der Waals surface area contributed by atoms with Gasteiger partial charge in [0.1, 0.15) is 12.6 Å². The molecule has 2 aromatic rings. The van der Waals surface area contributed by atoms with E-state index < -0.39 is 11.9 Å². The number of nitrogens with two attached hydrogens (primary N) is 1. The molecule has 0 bridgehead atoms. The molecule has 0 saturated carbocycles. The fourth-order valence-electron chi connectivity index (χ4n) is 2.31. The first kappa shape index (κ1) is 17.7. The highest BCUT2D eigenvalue weighted by Crippen LogP contribution is 2.05. The van der Waals surface area contributed by atoms with E-state index in [1.807, 2.05) is 60.7 Å². The van der Waals surface area contributed by atoms with E-state index in [1.54, 1.807) is 0 Å². The number of rotatable bonds is 9. The van der Waals surface area contributed by atoms with Crippen molar-refractivity contribution in [1.82, 2.24) is 5.32 Å². The molecule has 2 aromatic carbocycles. The molecule has 0 aromatic heterocycles. The maximum Gasteiger partial charge on any atom is 0.246 e. The molecule has 0 aliphatic rings. The third-order valence-electron chi connectivity index (χ3n) is 3.59. The largest absolute Gasteiger partial charge is 0.368 e. The van der Waals surface area contributed by atoms with E-state index in [-0.39, 0.29) is 12.5 Å². The fourth-order valence-corrected chi connectivity index (χ4v) is 2.31. The Kier molecular flexibility index (Phi) is 6.98. The minimum Gasteiger partial charge on any atom is -0.368 e. The monoisotopic (exact) mass is 326 g/mol. The Hall–Kier alpha value is -2.66. The number of ether oxygens (including phenoxy) is 1. The van der Waals surface area contributed by atoms with Gasteiger partial charge in [-0.1, -0.05) is 60.7 Å². The zero-order chi connectivity index (χ0) is 17.2. The number of amides is 2. The van der Waals surface area contributed by atoms with Gasteiger partial charge < -0.3 is 15.8 Å². The van der Waals surface area contributed by atoms with Crippen LogP contribution in [0.4, 0.5) is 0 Å². The molecule has 5 nitrogen and oxygen atoms in total. The molecule has 0 fully saturated rings. The van der Waals surface area contributed by atoms with Crippen molar-refractivity contribution in [3.8, 4) is 0 Å². The van der Waals surface area contributed by atoms with Gasteiger partial charge in [0.2, 0.25) is 11.8 Å². The van der Waals surface area contributed by atoms with Gasteiger partial charge in [-0.05, 0) is 24.0 Å². The van der Waals surface area contributed by atoms with E-state index in [2.05, 4.69) is 5.32 Å². The molecule has 0 aliphatic heterocycles. The Labute approximate surface area is 141 Å². The van der Waals surface area contributed by atoms with Crippen molar-refractivity contribution in [2.24, 2.45) is 5.73 Å². The molecule has 3 N–H and O–H groups in total. The van der Waals surface area contributed by atoms with Crippen LogP contribution in [0.1, 0.15) is 17.5 Å². The Morgan fingerprint density at radius 2 is 1.54 bits per heavy atom. The first-order valence-corrected chi connectivity index (χ1v) is 7.89. The maximum absolute atomic E-state index is 11.9. The van der Waals surface area contributed by atoms with Crippen LogP contribution in [0.3, 0.4) is 0 Å². The summed E-state index contributed by atoms with van der Waals surface area (Å²) >= 11 is 0. The minimum atomic E-state index is -0.696. The van der Waals surface area contributed by atoms with Crippen LogP contribution in [0.15, 0.2) is 60.7 Å². The van der Waals surface area contributed by atoms with Crippen molar-refractivity contribution < 1.29 is 14.3 Å². The van der Waals surface area contributed by atoms with Crippen molar-refractivity contribution in [3.05, 3.63) is 71.8 Å². The molecule has 2 rings (SSSR count). The molecule has 0 aliphatic carbocycles. The van der Waals surface area contributed by atoms with Crippen LogP contribution in [0.5, 0.6) is 0 Å². The molecule has 24 heavy (non-hydrogen) atoms. The Morgan fingerprint density at radius 1 is 0.958 bits per heavy atom. The molecular formula is C19H22N2O3. The van der Waals surface area contributed by atoms with E-state index in [1.165, 1.54) is 0 Å². The van der Waals surface area contributed by atoms with Crippen molar-refractivity contribution in [1.29, 1.82) is 0 Å². The number of nitrogens with one attached hydrogen (secondary N) is 1. The molecule has 5 heteroatoms. The lowest BCUT2D eigenvalue weighted by Gasteiger charge is -2.15. The van der Waals surface area contributed by atoms with Crippen molar-refractivity contribution in [2.75, 3.05) is 6.61 Å². The van der Waals surface area contributed by atoms with E-state index in [4.69, 9.17) is 10.5 Å². The van der Waals surface area contributed by atoms with Crippen LogP contribution in [-0.2, 0) is 27.4 Å². The normalized spacial score (nSPS) is 11.7. The zero-order valence-electron chi connectivity index (χ0n) is 13.5. The van der Waals surface area contributed by atoms with Crippen molar-refractivity contribution >= 4 is 11.8 Å². The summed E-state index contributed by atoms with van der Waals surface area (Å²) in [5.74, 6) is -0.884. The summed E-state index contributed by atoms with van der Waals surface area (Å²) in [7, 11) is 0. The van der Waals surface area contributed by atoms with Gasteiger partial charge in [0.25, 0.3) is 0 Å². The number of hydrogen-bond donors (Lipinski definition) is 2. The van der Waals surface area contributed by atoms with Gasteiger partial charge in [-0.3, -0.25) is 9.59 Å². The summed E-state index contributed by atoms with van der Waals surface area (Å²) in [6.45, 7) is 0.240. The third kappa shape index (κ3) is 6.22. The van der Waals surface area contributed by atoms with Gasteiger partial charge in [0.15, 0.2) is 0 Å². The summed E-state index contributed by atoms with van der Waals surface area (Å²) < 4.78 is 5.36.